The number of amides is 1. The number of carbonyl (C=O) groups is 1. The van der Waals surface area contributed by atoms with Gasteiger partial charge in [-0.05, 0) is 43.9 Å². The number of piperidine rings is 1. The van der Waals surface area contributed by atoms with E-state index in [4.69, 9.17) is 0 Å². The standard InChI is InChI=1S/C16H17F2N3O/c1-10-9-19-16(20-10)21-6-2-3-12(15(21)22)7-11-4-5-13(17)14(18)8-11/h4-5,8-9,12H,2-3,6-7H2,1H3,(H,19,20). The fourth-order valence-electron chi connectivity index (χ4n) is 2.84. The Morgan fingerprint density at radius 1 is 1.36 bits per heavy atom. The Balaban J connectivity index is 1.76. The van der Waals surface area contributed by atoms with Gasteiger partial charge in [0.2, 0.25) is 11.9 Å². The summed E-state index contributed by atoms with van der Waals surface area (Å²) in [4.78, 5) is 21.5. The number of nitrogens with zero attached hydrogens (tertiary/aromatic N) is 2. The smallest absolute Gasteiger partial charge is 0.232 e. The van der Waals surface area contributed by atoms with Crippen molar-refractivity contribution in [3.63, 3.8) is 0 Å². The Bertz CT molecular complexity index is 698. The first-order valence-corrected chi connectivity index (χ1v) is 7.31. The highest BCUT2D eigenvalue weighted by molar-refractivity contribution is 5.94. The fourth-order valence-corrected chi connectivity index (χ4v) is 2.84. The van der Waals surface area contributed by atoms with Gasteiger partial charge in [-0.25, -0.2) is 13.8 Å². The highest BCUT2D eigenvalue weighted by atomic mass is 19.2. The Morgan fingerprint density at radius 3 is 2.86 bits per heavy atom. The van der Waals surface area contributed by atoms with Crippen LogP contribution >= 0.6 is 0 Å². The van der Waals surface area contributed by atoms with Crippen molar-refractivity contribution in [2.24, 2.45) is 5.92 Å². The molecule has 1 aliphatic rings. The summed E-state index contributed by atoms with van der Waals surface area (Å²) in [6, 6.07) is 3.80. The van der Waals surface area contributed by atoms with E-state index >= 15 is 0 Å². The lowest BCUT2D eigenvalue weighted by atomic mass is 9.90. The van der Waals surface area contributed by atoms with E-state index in [1.807, 2.05) is 6.92 Å². The Labute approximate surface area is 127 Å². The molecule has 0 radical (unpaired) electrons. The highest BCUT2D eigenvalue weighted by Crippen LogP contribution is 2.25. The van der Waals surface area contributed by atoms with E-state index in [-0.39, 0.29) is 11.8 Å². The second kappa shape index (κ2) is 5.87. The summed E-state index contributed by atoms with van der Waals surface area (Å²) in [5.74, 6) is -1.45. The van der Waals surface area contributed by atoms with Crippen molar-refractivity contribution >= 4 is 11.9 Å². The lowest BCUT2D eigenvalue weighted by Gasteiger charge is -2.30. The third-order valence-corrected chi connectivity index (χ3v) is 3.96. The molecule has 6 heteroatoms. The van der Waals surface area contributed by atoms with Crippen LogP contribution < -0.4 is 4.90 Å². The van der Waals surface area contributed by atoms with Crippen molar-refractivity contribution in [2.45, 2.75) is 26.2 Å². The van der Waals surface area contributed by atoms with Crippen LogP contribution in [-0.2, 0) is 11.2 Å². The van der Waals surface area contributed by atoms with Gasteiger partial charge >= 0.3 is 0 Å². The molecular weight excluding hydrogens is 288 g/mol. The van der Waals surface area contributed by atoms with Gasteiger partial charge in [-0.3, -0.25) is 9.69 Å². The third-order valence-electron chi connectivity index (χ3n) is 3.96. The lowest BCUT2D eigenvalue weighted by molar-refractivity contribution is -0.123. The van der Waals surface area contributed by atoms with E-state index in [0.717, 1.165) is 24.6 Å². The summed E-state index contributed by atoms with van der Waals surface area (Å²) in [7, 11) is 0. The molecule has 0 bridgehead atoms. The number of carbonyl (C=O) groups excluding carboxylic acids is 1. The number of H-pyrrole nitrogens is 1. The first-order valence-electron chi connectivity index (χ1n) is 7.31. The van der Waals surface area contributed by atoms with Crippen LogP contribution in [0.1, 0.15) is 24.1 Å². The molecule has 0 saturated carbocycles. The van der Waals surface area contributed by atoms with Gasteiger partial charge < -0.3 is 4.98 Å². The van der Waals surface area contributed by atoms with Crippen molar-refractivity contribution in [1.82, 2.24) is 9.97 Å². The van der Waals surface area contributed by atoms with Crippen LogP contribution in [0.4, 0.5) is 14.7 Å². The minimum atomic E-state index is -0.876. The second-order valence-electron chi connectivity index (χ2n) is 5.67. The van der Waals surface area contributed by atoms with Crippen molar-refractivity contribution in [3.05, 3.63) is 47.3 Å². The summed E-state index contributed by atoms with van der Waals surface area (Å²) in [6.07, 6.45) is 3.70. The number of anilines is 1. The second-order valence-corrected chi connectivity index (χ2v) is 5.67. The molecule has 1 atom stereocenters. The molecule has 1 fully saturated rings. The van der Waals surface area contributed by atoms with E-state index in [9.17, 15) is 13.6 Å². The minimum Gasteiger partial charge on any atom is -0.328 e. The van der Waals surface area contributed by atoms with Crippen molar-refractivity contribution < 1.29 is 13.6 Å². The van der Waals surface area contributed by atoms with Crippen LogP contribution in [-0.4, -0.2) is 22.4 Å². The number of aromatic nitrogens is 2. The number of rotatable bonds is 3. The first-order chi connectivity index (χ1) is 10.5. The number of imidazole rings is 1. The summed E-state index contributed by atoms with van der Waals surface area (Å²) >= 11 is 0. The molecule has 22 heavy (non-hydrogen) atoms. The SMILES string of the molecule is Cc1cnc(N2CCCC(Cc3ccc(F)c(F)c3)C2=O)[nH]1. The maximum Gasteiger partial charge on any atom is 0.232 e. The van der Waals surface area contributed by atoms with Gasteiger partial charge in [-0.1, -0.05) is 6.07 Å². The molecule has 1 N–H and O–H groups in total. The zero-order valence-electron chi connectivity index (χ0n) is 12.3. The Hall–Kier alpha value is -2.24. The van der Waals surface area contributed by atoms with Gasteiger partial charge in [0.05, 0.1) is 0 Å². The van der Waals surface area contributed by atoms with Gasteiger partial charge in [0.25, 0.3) is 0 Å². The number of aryl methyl sites for hydroxylation is 1. The number of benzene rings is 1. The summed E-state index contributed by atoms with van der Waals surface area (Å²) in [5, 5.41) is 0. The van der Waals surface area contributed by atoms with Crippen LogP contribution in [0.5, 0.6) is 0 Å². The van der Waals surface area contributed by atoms with Gasteiger partial charge in [0.15, 0.2) is 11.6 Å². The first kappa shape index (κ1) is 14.7. The fraction of sp³-hybridized carbons (Fsp3) is 0.375. The van der Waals surface area contributed by atoms with Crippen LogP contribution in [0.15, 0.2) is 24.4 Å². The van der Waals surface area contributed by atoms with Crippen LogP contribution in [0.25, 0.3) is 0 Å². The number of hydrogen-bond donors (Lipinski definition) is 1. The molecule has 2 aromatic rings. The normalized spacial score (nSPS) is 18.8. The van der Waals surface area contributed by atoms with E-state index in [1.54, 1.807) is 11.1 Å². The summed E-state index contributed by atoms with van der Waals surface area (Å²) < 4.78 is 26.3. The van der Waals surface area contributed by atoms with E-state index in [1.165, 1.54) is 12.1 Å². The molecule has 1 amide bonds. The van der Waals surface area contributed by atoms with Crippen molar-refractivity contribution in [3.8, 4) is 0 Å². The molecule has 2 heterocycles. The maximum atomic E-state index is 13.3. The minimum absolute atomic E-state index is 0.0228. The summed E-state index contributed by atoms with van der Waals surface area (Å²) in [5.41, 5.74) is 1.53. The number of nitrogens with one attached hydrogen (secondary N) is 1. The molecule has 0 aliphatic carbocycles. The molecular formula is C16H17F2N3O. The topological polar surface area (TPSA) is 49.0 Å². The van der Waals surface area contributed by atoms with Crippen molar-refractivity contribution in [2.75, 3.05) is 11.4 Å². The van der Waals surface area contributed by atoms with E-state index < -0.39 is 11.6 Å². The van der Waals surface area contributed by atoms with Crippen molar-refractivity contribution in [1.29, 1.82) is 0 Å². The molecule has 0 spiro atoms. The zero-order valence-corrected chi connectivity index (χ0v) is 12.3. The molecule has 1 aromatic carbocycles. The van der Waals surface area contributed by atoms with E-state index in [0.29, 0.717) is 24.5 Å². The van der Waals surface area contributed by atoms with Crippen LogP contribution in [0.2, 0.25) is 0 Å². The monoisotopic (exact) mass is 305 g/mol. The lowest BCUT2D eigenvalue weighted by Crippen LogP contribution is -2.42. The molecule has 1 aromatic heterocycles. The molecule has 4 nitrogen and oxygen atoms in total. The van der Waals surface area contributed by atoms with Gasteiger partial charge in [0.1, 0.15) is 0 Å². The average molecular weight is 305 g/mol. The molecule has 3 rings (SSSR count). The molecule has 1 saturated heterocycles. The van der Waals surface area contributed by atoms with Gasteiger partial charge in [-0.15, -0.1) is 0 Å². The Kier molecular flexibility index (Phi) is 3.92. The van der Waals surface area contributed by atoms with Crippen LogP contribution in [0.3, 0.4) is 0 Å². The number of aromatic amines is 1. The number of halogens is 2. The van der Waals surface area contributed by atoms with Gasteiger partial charge in [0, 0.05) is 24.4 Å². The quantitative estimate of drug-likeness (QED) is 0.947. The van der Waals surface area contributed by atoms with Crippen LogP contribution in [0, 0.1) is 24.5 Å². The molecule has 1 unspecified atom stereocenters. The summed E-state index contributed by atoms with van der Waals surface area (Å²) in [6.45, 7) is 2.50. The predicted molar refractivity (Wildman–Crippen MR) is 78.5 cm³/mol. The highest BCUT2D eigenvalue weighted by Gasteiger charge is 2.31. The predicted octanol–water partition coefficient (Wildman–Crippen LogP) is 2.98. The largest absolute Gasteiger partial charge is 0.328 e. The van der Waals surface area contributed by atoms with Gasteiger partial charge in [-0.2, -0.15) is 0 Å². The zero-order chi connectivity index (χ0) is 15.7. The maximum absolute atomic E-state index is 13.3. The van der Waals surface area contributed by atoms with E-state index in [2.05, 4.69) is 9.97 Å². The third kappa shape index (κ3) is 2.86. The molecule has 116 valence electrons. The Morgan fingerprint density at radius 2 is 2.18 bits per heavy atom. The average Bonchev–Trinajstić information content (AvgIpc) is 2.91. The molecule has 1 aliphatic heterocycles. The number of hydrogen-bond acceptors (Lipinski definition) is 2.